The molecule has 0 radical (unpaired) electrons. The molecule has 6 fully saturated rings. The van der Waals surface area contributed by atoms with Gasteiger partial charge in [0.15, 0.2) is 12.2 Å². The minimum absolute atomic E-state index is 0.0752. The summed E-state index contributed by atoms with van der Waals surface area (Å²) in [5.41, 5.74) is -1.08. The zero-order valence-corrected chi connectivity index (χ0v) is 25.4. The topological polar surface area (TPSA) is 141 Å². The highest BCUT2D eigenvalue weighted by molar-refractivity contribution is 7.86. The van der Waals surface area contributed by atoms with E-state index in [1.807, 2.05) is 13.8 Å². The van der Waals surface area contributed by atoms with Crippen molar-refractivity contribution < 1.29 is 50.7 Å². The molecule has 2 aromatic carbocycles. The first kappa shape index (κ1) is 29.5. The molecule has 3 heterocycles. The first-order valence-corrected chi connectivity index (χ1v) is 16.4. The van der Waals surface area contributed by atoms with Gasteiger partial charge in [0.2, 0.25) is 0 Å². The number of ketones is 1. The van der Waals surface area contributed by atoms with E-state index in [9.17, 15) is 22.8 Å². The van der Waals surface area contributed by atoms with Crippen LogP contribution < -0.4 is 0 Å². The highest BCUT2D eigenvalue weighted by atomic mass is 32.2. The van der Waals surface area contributed by atoms with E-state index in [1.165, 1.54) is 6.92 Å². The highest BCUT2D eigenvalue weighted by Crippen LogP contribution is 2.64. The van der Waals surface area contributed by atoms with E-state index in [2.05, 4.69) is 0 Å². The summed E-state index contributed by atoms with van der Waals surface area (Å²) in [6.45, 7) is 5.39. The summed E-state index contributed by atoms with van der Waals surface area (Å²) in [6.07, 6.45) is -5.59. The Labute approximate surface area is 255 Å². The summed E-state index contributed by atoms with van der Waals surface area (Å²) in [4.78, 5) is 39.6. The maximum atomic E-state index is 13.8. The first-order chi connectivity index (χ1) is 20.8. The van der Waals surface area contributed by atoms with Crippen LogP contribution in [0.2, 0.25) is 0 Å². The van der Waals surface area contributed by atoms with E-state index in [0.29, 0.717) is 12.8 Å². The highest BCUT2D eigenvalue weighted by Gasteiger charge is 2.71. The molecule has 11 nitrogen and oxygen atoms in total. The number of rotatable bonds is 8. The Morgan fingerprint density at radius 3 is 1.70 bits per heavy atom. The molecule has 0 N–H and O–H groups in total. The number of benzene rings is 2. The fourth-order valence-corrected chi connectivity index (χ4v) is 9.78. The lowest BCUT2D eigenvalue weighted by atomic mass is 9.70. The Hall–Kier alpha value is -3.16. The Bertz CT molecular complexity index is 1520. The SMILES string of the molecule is CC12OC3[C@H](OC(=O)c4ccccc4)[C@H](O1)C(OS(=O)(=O)C[C@]14CC[C@H](CC1=O)C4(C)C)[C@H](O2)[C@H]3OC(=O)c1ccccc1. The number of hydrogen-bond donors (Lipinski definition) is 0. The van der Waals surface area contributed by atoms with Crippen LogP contribution in [0.15, 0.2) is 60.7 Å². The second-order valence-electron chi connectivity index (χ2n) is 13.0. The second kappa shape index (κ2) is 10.2. The second-order valence-corrected chi connectivity index (χ2v) is 14.6. The molecule has 3 unspecified atom stereocenters. The van der Waals surface area contributed by atoms with Crippen molar-refractivity contribution in [2.45, 2.75) is 82.6 Å². The van der Waals surface area contributed by atoms with Crippen molar-refractivity contribution in [3.05, 3.63) is 71.8 Å². The summed E-state index contributed by atoms with van der Waals surface area (Å²) >= 11 is 0. The molecule has 12 heteroatoms. The summed E-state index contributed by atoms with van der Waals surface area (Å²) in [5.74, 6) is -3.50. The molecule has 8 rings (SSSR count). The molecule has 0 aromatic heterocycles. The van der Waals surface area contributed by atoms with Crippen molar-refractivity contribution in [3.63, 3.8) is 0 Å². The molecule has 9 atom stereocenters. The average molecular weight is 627 g/mol. The Morgan fingerprint density at radius 1 is 0.795 bits per heavy atom. The fraction of sp³-hybridized carbons (Fsp3) is 0.531. The summed E-state index contributed by atoms with van der Waals surface area (Å²) in [7, 11) is -4.39. The summed E-state index contributed by atoms with van der Waals surface area (Å²) in [5, 5.41) is 0. The van der Waals surface area contributed by atoms with E-state index in [-0.39, 0.29) is 22.8 Å². The van der Waals surface area contributed by atoms with Crippen LogP contribution in [-0.4, -0.2) is 74.5 Å². The molecule has 234 valence electrons. The summed E-state index contributed by atoms with van der Waals surface area (Å²) in [6, 6.07) is 16.5. The number of hydrogen-bond acceptors (Lipinski definition) is 11. The van der Waals surface area contributed by atoms with Gasteiger partial charge in [0.1, 0.15) is 30.2 Å². The molecule has 3 saturated carbocycles. The first-order valence-electron chi connectivity index (χ1n) is 14.8. The van der Waals surface area contributed by atoms with E-state index < -0.39 is 81.2 Å². The predicted octanol–water partition coefficient (Wildman–Crippen LogP) is 3.42. The van der Waals surface area contributed by atoms with Crippen molar-refractivity contribution in [2.24, 2.45) is 16.7 Å². The lowest BCUT2D eigenvalue weighted by Gasteiger charge is -2.61. The zero-order valence-electron chi connectivity index (χ0n) is 24.5. The van der Waals surface area contributed by atoms with Gasteiger partial charge < -0.3 is 23.7 Å². The van der Waals surface area contributed by atoms with Gasteiger partial charge in [0.05, 0.1) is 22.3 Å². The van der Waals surface area contributed by atoms with Crippen LogP contribution in [0.4, 0.5) is 0 Å². The molecule has 0 amide bonds. The third kappa shape index (κ3) is 4.61. The number of fused-ring (bicyclic) bond motifs is 2. The number of carbonyl (C=O) groups excluding carboxylic acids is 3. The number of esters is 2. The molecule has 3 aliphatic carbocycles. The van der Waals surface area contributed by atoms with Crippen LogP contribution in [0.3, 0.4) is 0 Å². The van der Waals surface area contributed by atoms with Gasteiger partial charge in [-0.3, -0.25) is 8.98 Å². The van der Waals surface area contributed by atoms with Gasteiger partial charge in [0.25, 0.3) is 16.1 Å². The lowest BCUT2D eigenvalue weighted by molar-refractivity contribution is -0.527. The minimum atomic E-state index is -4.39. The third-order valence-corrected chi connectivity index (χ3v) is 11.7. The largest absolute Gasteiger partial charge is 0.453 e. The smallest absolute Gasteiger partial charge is 0.338 e. The van der Waals surface area contributed by atoms with Gasteiger partial charge in [-0.05, 0) is 48.4 Å². The van der Waals surface area contributed by atoms with Crippen LogP contribution in [0.1, 0.15) is 60.7 Å². The number of Topliss-reactive ketones (excluding diaryl/α,β-unsaturated/α-hetero) is 1. The molecule has 3 saturated heterocycles. The van der Waals surface area contributed by atoms with Gasteiger partial charge in [-0.2, -0.15) is 8.42 Å². The molecule has 0 spiro atoms. The molecule has 44 heavy (non-hydrogen) atoms. The zero-order chi connectivity index (χ0) is 31.1. The Balaban J connectivity index is 1.22. The van der Waals surface area contributed by atoms with Crippen LogP contribution in [0.25, 0.3) is 0 Å². The number of ether oxygens (including phenoxy) is 5. The van der Waals surface area contributed by atoms with Gasteiger partial charge in [-0.15, -0.1) is 0 Å². The van der Waals surface area contributed by atoms with Gasteiger partial charge in [-0.1, -0.05) is 50.2 Å². The van der Waals surface area contributed by atoms with Crippen molar-refractivity contribution in [3.8, 4) is 0 Å². The molecular formula is C32H34O11S. The fourth-order valence-electron chi connectivity index (χ4n) is 7.87. The Morgan fingerprint density at radius 2 is 1.27 bits per heavy atom. The van der Waals surface area contributed by atoms with Crippen LogP contribution in [0, 0.1) is 16.7 Å². The van der Waals surface area contributed by atoms with Gasteiger partial charge in [0, 0.05) is 13.3 Å². The minimum Gasteiger partial charge on any atom is -0.453 e. The molecule has 2 aromatic rings. The monoisotopic (exact) mass is 626 g/mol. The van der Waals surface area contributed by atoms with Gasteiger partial charge in [-0.25, -0.2) is 9.59 Å². The van der Waals surface area contributed by atoms with E-state index in [1.54, 1.807) is 60.7 Å². The molecule has 3 aliphatic heterocycles. The lowest BCUT2D eigenvalue weighted by Crippen LogP contribution is -2.79. The summed E-state index contributed by atoms with van der Waals surface area (Å²) < 4.78 is 63.4. The van der Waals surface area contributed by atoms with E-state index in [4.69, 9.17) is 27.9 Å². The molecule has 6 bridgehead atoms. The third-order valence-electron chi connectivity index (χ3n) is 10.3. The van der Waals surface area contributed by atoms with Crippen LogP contribution in [-0.2, 0) is 42.8 Å². The standard InChI is InChI=1S/C32H34O11S/c1-30(2)20-14-15-32(30,21(33)16-20)17-44(36,37)43-27-25-22(38-28(34)18-10-6-4-7-11-18)24-23(26(27)42-31(3,40-24)41-25)39-29(35)19-12-8-5-9-13-19/h4-13,20,22-27H,14-17H2,1-3H3/t20-,22+,23+,24?,25-,26+,27?,31?,32-/m1/s1. The average Bonchev–Trinajstić information content (AvgIpc) is 3.33. The van der Waals surface area contributed by atoms with Crippen molar-refractivity contribution in [1.29, 1.82) is 0 Å². The Kier molecular flexibility index (Phi) is 6.84. The molecule has 6 aliphatic rings. The van der Waals surface area contributed by atoms with Crippen LogP contribution >= 0.6 is 0 Å². The van der Waals surface area contributed by atoms with Crippen molar-refractivity contribution in [1.82, 2.24) is 0 Å². The normalized spacial score (nSPS) is 38.1. The van der Waals surface area contributed by atoms with Crippen LogP contribution in [0.5, 0.6) is 0 Å². The molecular weight excluding hydrogens is 592 g/mol. The van der Waals surface area contributed by atoms with Crippen molar-refractivity contribution >= 4 is 27.8 Å². The van der Waals surface area contributed by atoms with Gasteiger partial charge >= 0.3 is 11.9 Å². The maximum absolute atomic E-state index is 13.8. The quantitative estimate of drug-likeness (QED) is 0.314. The van der Waals surface area contributed by atoms with Crippen molar-refractivity contribution in [2.75, 3.05) is 5.75 Å². The van der Waals surface area contributed by atoms with E-state index in [0.717, 1.165) is 6.42 Å². The maximum Gasteiger partial charge on any atom is 0.338 e. The predicted molar refractivity (Wildman–Crippen MR) is 152 cm³/mol. The van der Waals surface area contributed by atoms with E-state index >= 15 is 0 Å². The number of carbonyl (C=O) groups is 3.